The van der Waals surface area contributed by atoms with Gasteiger partial charge in [0.1, 0.15) is 0 Å². The summed E-state index contributed by atoms with van der Waals surface area (Å²) in [5.74, 6) is 0.0302. The van der Waals surface area contributed by atoms with Crippen LogP contribution in [0.25, 0.3) is 0 Å². The van der Waals surface area contributed by atoms with Gasteiger partial charge in [0.05, 0.1) is 12.5 Å². The first kappa shape index (κ1) is 16.5. The molecule has 120 valence electrons. The van der Waals surface area contributed by atoms with E-state index in [9.17, 15) is 9.59 Å². The zero-order valence-electron chi connectivity index (χ0n) is 13.5. The van der Waals surface area contributed by atoms with Gasteiger partial charge in [0.15, 0.2) is 0 Å². The summed E-state index contributed by atoms with van der Waals surface area (Å²) in [6, 6.07) is 9.85. The topological polar surface area (TPSA) is 49.4 Å². The van der Waals surface area contributed by atoms with Gasteiger partial charge in [0, 0.05) is 19.5 Å². The number of hydrogen-bond acceptors (Lipinski definition) is 2. The fraction of sp³-hybridized carbons (Fsp3) is 0.556. The van der Waals surface area contributed by atoms with Crippen molar-refractivity contribution in [3.63, 3.8) is 0 Å². The van der Waals surface area contributed by atoms with Gasteiger partial charge in [-0.25, -0.2) is 0 Å². The van der Waals surface area contributed by atoms with Crippen molar-refractivity contribution in [1.29, 1.82) is 0 Å². The molecule has 4 heteroatoms. The van der Waals surface area contributed by atoms with Crippen molar-refractivity contribution in [2.24, 2.45) is 0 Å². The summed E-state index contributed by atoms with van der Waals surface area (Å²) in [6.07, 6.45) is 4.96. The highest BCUT2D eigenvalue weighted by Gasteiger charge is 2.27. The summed E-state index contributed by atoms with van der Waals surface area (Å²) in [7, 11) is 0. The lowest BCUT2D eigenvalue weighted by molar-refractivity contribution is -0.134. The van der Waals surface area contributed by atoms with Gasteiger partial charge in [0.2, 0.25) is 11.8 Å². The lowest BCUT2D eigenvalue weighted by Crippen LogP contribution is -2.41. The Morgan fingerprint density at radius 1 is 1.23 bits per heavy atom. The van der Waals surface area contributed by atoms with E-state index in [1.54, 1.807) is 0 Å². The molecule has 0 aliphatic heterocycles. The molecular weight excluding hydrogens is 276 g/mol. The third kappa shape index (κ3) is 4.33. The van der Waals surface area contributed by atoms with Crippen LogP contribution in [0.15, 0.2) is 30.3 Å². The summed E-state index contributed by atoms with van der Waals surface area (Å²) >= 11 is 0. The molecule has 1 aromatic rings. The van der Waals surface area contributed by atoms with E-state index in [2.05, 4.69) is 5.32 Å². The van der Waals surface area contributed by atoms with Crippen LogP contribution < -0.4 is 5.32 Å². The van der Waals surface area contributed by atoms with Gasteiger partial charge in [-0.1, -0.05) is 43.2 Å². The molecule has 2 rings (SSSR count). The second-order valence-corrected chi connectivity index (χ2v) is 5.99. The van der Waals surface area contributed by atoms with Crippen molar-refractivity contribution in [1.82, 2.24) is 10.2 Å². The maximum absolute atomic E-state index is 12.7. The van der Waals surface area contributed by atoms with E-state index in [1.165, 1.54) is 19.8 Å². The zero-order chi connectivity index (χ0) is 15.9. The van der Waals surface area contributed by atoms with Crippen LogP contribution in [0.5, 0.6) is 0 Å². The number of rotatable bonds is 6. The maximum atomic E-state index is 12.7. The van der Waals surface area contributed by atoms with E-state index in [-0.39, 0.29) is 17.9 Å². The van der Waals surface area contributed by atoms with Gasteiger partial charge in [0.25, 0.3) is 0 Å². The van der Waals surface area contributed by atoms with Crippen molar-refractivity contribution in [3.8, 4) is 0 Å². The molecule has 0 bridgehead atoms. The normalized spacial score (nSPS) is 16.3. The predicted molar refractivity (Wildman–Crippen MR) is 87.3 cm³/mol. The number of amides is 2. The summed E-state index contributed by atoms with van der Waals surface area (Å²) in [6.45, 7) is 4.27. The summed E-state index contributed by atoms with van der Waals surface area (Å²) in [4.78, 5) is 26.2. The molecule has 1 atom stereocenters. The minimum atomic E-state index is -0.248. The number of carbonyl (C=O) groups excluding carboxylic acids is 2. The van der Waals surface area contributed by atoms with Crippen molar-refractivity contribution < 1.29 is 9.59 Å². The molecule has 0 heterocycles. The first-order valence-electron chi connectivity index (χ1n) is 8.23. The molecule has 0 saturated heterocycles. The molecule has 1 saturated carbocycles. The zero-order valence-corrected chi connectivity index (χ0v) is 13.5. The molecule has 1 aliphatic carbocycles. The third-order valence-electron chi connectivity index (χ3n) is 4.38. The Balaban J connectivity index is 2.08. The van der Waals surface area contributed by atoms with Gasteiger partial charge in [-0.05, 0) is 25.3 Å². The van der Waals surface area contributed by atoms with Gasteiger partial charge in [-0.2, -0.15) is 0 Å². The average Bonchev–Trinajstić information content (AvgIpc) is 3.02. The Hall–Kier alpha value is -1.84. The molecule has 0 radical (unpaired) electrons. The molecular formula is C18H26N2O2. The molecule has 2 amide bonds. The number of nitrogens with zero attached hydrogens (tertiary/aromatic N) is 1. The molecule has 1 unspecified atom stereocenters. The largest absolute Gasteiger partial charge is 0.349 e. The Morgan fingerprint density at radius 2 is 1.86 bits per heavy atom. The minimum absolute atomic E-state index is 0.106. The number of benzene rings is 1. The molecule has 22 heavy (non-hydrogen) atoms. The van der Waals surface area contributed by atoms with Crippen LogP contribution in [0.2, 0.25) is 0 Å². The van der Waals surface area contributed by atoms with E-state index >= 15 is 0 Å². The van der Waals surface area contributed by atoms with E-state index in [0.717, 1.165) is 24.9 Å². The highest BCUT2D eigenvalue weighted by Crippen LogP contribution is 2.25. The third-order valence-corrected chi connectivity index (χ3v) is 4.38. The highest BCUT2D eigenvalue weighted by atomic mass is 16.2. The van der Waals surface area contributed by atoms with E-state index in [0.29, 0.717) is 12.5 Å². The monoisotopic (exact) mass is 302 g/mol. The number of nitrogens with one attached hydrogen (secondary N) is 1. The first-order chi connectivity index (χ1) is 10.6. The molecule has 1 N–H and O–H groups in total. The average molecular weight is 302 g/mol. The fourth-order valence-electron chi connectivity index (χ4n) is 3.33. The van der Waals surface area contributed by atoms with Gasteiger partial charge >= 0.3 is 0 Å². The van der Waals surface area contributed by atoms with Crippen LogP contribution in [0, 0.1) is 0 Å². The Kier molecular flexibility index (Phi) is 5.99. The fourth-order valence-corrected chi connectivity index (χ4v) is 3.33. The molecule has 0 aromatic heterocycles. The molecule has 0 spiro atoms. The van der Waals surface area contributed by atoms with Crippen molar-refractivity contribution in [2.75, 3.05) is 6.54 Å². The maximum Gasteiger partial charge on any atom is 0.225 e. The molecule has 4 nitrogen and oxygen atoms in total. The van der Waals surface area contributed by atoms with Crippen LogP contribution in [-0.4, -0.2) is 29.3 Å². The molecule has 1 aromatic carbocycles. The standard InChI is InChI=1S/C18H26N2O2/c1-3-20(16-11-7-8-12-16)18(22)13-17(19-14(2)21)15-9-5-4-6-10-15/h4-6,9-10,16-17H,3,7-8,11-13H2,1-2H3,(H,19,21). The first-order valence-corrected chi connectivity index (χ1v) is 8.23. The molecule has 1 aliphatic rings. The minimum Gasteiger partial charge on any atom is -0.349 e. The number of hydrogen-bond donors (Lipinski definition) is 1. The second-order valence-electron chi connectivity index (χ2n) is 5.99. The second kappa shape index (κ2) is 7.97. The van der Waals surface area contributed by atoms with E-state index in [4.69, 9.17) is 0 Å². The van der Waals surface area contributed by atoms with Crippen LogP contribution >= 0.6 is 0 Å². The summed E-state index contributed by atoms with van der Waals surface area (Å²) in [5.41, 5.74) is 0.980. The van der Waals surface area contributed by atoms with Crippen LogP contribution in [0.3, 0.4) is 0 Å². The van der Waals surface area contributed by atoms with Crippen molar-refractivity contribution in [2.45, 2.75) is 58.0 Å². The summed E-state index contributed by atoms with van der Waals surface area (Å²) in [5, 5.41) is 2.91. The quantitative estimate of drug-likeness (QED) is 0.878. The van der Waals surface area contributed by atoms with E-state index < -0.39 is 0 Å². The smallest absolute Gasteiger partial charge is 0.225 e. The Bertz CT molecular complexity index is 495. The van der Waals surface area contributed by atoms with Gasteiger partial charge < -0.3 is 10.2 Å². The summed E-state index contributed by atoms with van der Waals surface area (Å²) < 4.78 is 0. The van der Waals surface area contributed by atoms with Crippen LogP contribution in [-0.2, 0) is 9.59 Å². The Morgan fingerprint density at radius 3 is 2.41 bits per heavy atom. The molecule has 1 fully saturated rings. The number of carbonyl (C=O) groups is 2. The van der Waals surface area contributed by atoms with Crippen LogP contribution in [0.1, 0.15) is 57.6 Å². The lowest BCUT2D eigenvalue weighted by Gasteiger charge is -2.29. The Labute approximate surface area is 132 Å². The lowest BCUT2D eigenvalue weighted by atomic mass is 10.0. The van der Waals surface area contributed by atoms with Crippen LogP contribution in [0.4, 0.5) is 0 Å². The van der Waals surface area contributed by atoms with E-state index in [1.807, 2.05) is 42.2 Å². The predicted octanol–water partition coefficient (Wildman–Crippen LogP) is 3.05. The van der Waals surface area contributed by atoms with Gasteiger partial charge in [-0.15, -0.1) is 0 Å². The SMILES string of the molecule is CCN(C(=O)CC(NC(C)=O)c1ccccc1)C1CCCC1. The highest BCUT2D eigenvalue weighted by molar-refractivity contribution is 5.79. The van der Waals surface area contributed by atoms with Crippen molar-refractivity contribution in [3.05, 3.63) is 35.9 Å². The van der Waals surface area contributed by atoms with Gasteiger partial charge in [-0.3, -0.25) is 9.59 Å². The van der Waals surface area contributed by atoms with Crippen molar-refractivity contribution >= 4 is 11.8 Å².